The summed E-state index contributed by atoms with van der Waals surface area (Å²) in [5.74, 6) is 0.802. The molecular formula is C22H29NO2. The second kappa shape index (κ2) is 10.7. The fourth-order valence-electron chi connectivity index (χ4n) is 2.69. The first-order valence-corrected chi connectivity index (χ1v) is 9.01. The largest absolute Gasteiger partial charge is 0.497 e. The molecule has 3 nitrogen and oxygen atoms in total. The lowest BCUT2D eigenvalue weighted by Gasteiger charge is -2.13. The minimum atomic E-state index is -0.514. The Balaban J connectivity index is 2.04. The van der Waals surface area contributed by atoms with Crippen LogP contribution in [0.25, 0.3) is 5.57 Å². The van der Waals surface area contributed by atoms with Crippen LogP contribution in [0.5, 0.6) is 5.75 Å². The summed E-state index contributed by atoms with van der Waals surface area (Å²) in [6.07, 6.45) is 4.58. The van der Waals surface area contributed by atoms with Crippen LogP contribution in [0, 0.1) is 0 Å². The molecule has 3 heteroatoms. The smallest absolute Gasteiger partial charge is 0.118 e. The van der Waals surface area contributed by atoms with Crippen LogP contribution in [0.2, 0.25) is 0 Å². The Kier molecular flexibility index (Phi) is 8.23. The van der Waals surface area contributed by atoms with Crippen molar-refractivity contribution >= 4 is 5.57 Å². The van der Waals surface area contributed by atoms with Gasteiger partial charge in [0.05, 0.1) is 13.2 Å². The second-order valence-corrected chi connectivity index (χ2v) is 6.15. The molecule has 0 aliphatic heterocycles. The van der Waals surface area contributed by atoms with Crippen LogP contribution in [0.4, 0.5) is 0 Å². The number of hydrogen-bond acceptors (Lipinski definition) is 3. The van der Waals surface area contributed by atoms with Crippen LogP contribution in [0.15, 0.2) is 60.7 Å². The summed E-state index contributed by atoms with van der Waals surface area (Å²) >= 11 is 0. The van der Waals surface area contributed by atoms with Crippen molar-refractivity contribution in [1.82, 2.24) is 5.32 Å². The van der Waals surface area contributed by atoms with Gasteiger partial charge in [-0.3, -0.25) is 0 Å². The van der Waals surface area contributed by atoms with Crippen molar-refractivity contribution in [2.75, 3.05) is 20.2 Å². The average molecular weight is 339 g/mol. The average Bonchev–Trinajstić information content (AvgIpc) is 2.68. The molecule has 0 bridgehead atoms. The molecule has 25 heavy (non-hydrogen) atoms. The predicted octanol–water partition coefficient (Wildman–Crippen LogP) is 4.59. The molecule has 0 fully saturated rings. The Morgan fingerprint density at radius 2 is 1.84 bits per heavy atom. The first-order valence-electron chi connectivity index (χ1n) is 9.01. The standard InChI is InChI=1S/C22H29NO2/c1-3-4-16-23-17-20(18-8-6-5-7-9-18)12-15-22(24)19-10-13-21(25-2)14-11-19/h5-14,22-24H,3-4,15-17H2,1-2H3/b20-12+. The zero-order valence-corrected chi connectivity index (χ0v) is 15.2. The molecule has 0 amide bonds. The highest BCUT2D eigenvalue weighted by Gasteiger charge is 2.08. The summed E-state index contributed by atoms with van der Waals surface area (Å²) in [6, 6.07) is 18.0. The van der Waals surface area contributed by atoms with Crippen LogP contribution < -0.4 is 10.1 Å². The van der Waals surface area contributed by atoms with Crippen LogP contribution >= 0.6 is 0 Å². The lowest BCUT2D eigenvalue weighted by Crippen LogP contribution is -2.18. The number of benzene rings is 2. The molecule has 2 aromatic carbocycles. The maximum absolute atomic E-state index is 10.5. The number of rotatable bonds is 10. The molecule has 134 valence electrons. The normalized spacial score (nSPS) is 12.8. The van der Waals surface area contributed by atoms with E-state index in [0.717, 1.165) is 24.4 Å². The Bertz CT molecular complexity index is 635. The van der Waals surface area contributed by atoms with Crippen molar-refractivity contribution in [1.29, 1.82) is 0 Å². The van der Waals surface area contributed by atoms with Gasteiger partial charge in [0.15, 0.2) is 0 Å². The van der Waals surface area contributed by atoms with Crippen LogP contribution in [-0.2, 0) is 0 Å². The quantitative estimate of drug-likeness (QED) is 0.622. The van der Waals surface area contributed by atoms with E-state index >= 15 is 0 Å². The molecule has 0 aliphatic rings. The molecule has 0 spiro atoms. The predicted molar refractivity (Wildman–Crippen MR) is 105 cm³/mol. The molecule has 2 N–H and O–H groups in total. The van der Waals surface area contributed by atoms with Crippen LogP contribution in [0.3, 0.4) is 0 Å². The molecule has 0 aromatic heterocycles. The molecule has 1 unspecified atom stereocenters. The first-order chi connectivity index (χ1) is 12.2. The Labute approximate surface area is 151 Å². The van der Waals surface area contributed by atoms with E-state index < -0.39 is 6.10 Å². The first kappa shape index (κ1) is 19.2. The van der Waals surface area contributed by atoms with E-state index in [2.05, 4.69) is 42.6 Å². The molecule has 0 radical (unpaired) electrons. The minimum Gasteiger partial charge on any atom is -0.497 e. The van der Waals surface area contributed by atoms with Crippen molar-refractivity contribution in [3.63, 3.8) is 0 Å². The maximum Gasteiger partial charge on any atom is 0.118 e. The number of hydrogen-bond donors (Lipinski definition) is 2. The summed E-state index contributed by atoms with van der Waals surface area (Å²) in [5, 5.41) is 14.0. The highest BCUT2D eigenvalue weighted by molar-refractivity contribution is 5.66. The number of aliphatic hydroxyl groups excluding tert-OH is 1. The summed E-state index contributed by atoms with van der Waals surface area (Å²) in [5.41, 5.74) is 3.33. The van der Waals surface area contributed by atoms with E-state index in [1.54, 1.807) is 7.11 Å². The lowest BCUT2D eigenvalue weighted by molar-refractivity contribution is 0.181. The van der Waals surface area contributed by atoms with E-state index in [0.29, 0.717) is 6.42 Å². The Morgan fingerprint density at radius 3 is 2.48 bits per heavy atom. The fourth-order valence-corrected chi connectivity index (χ4v) is 2.69. The van der Waals surface area contributed by atoms with Crippen molar-refractivity contribution in [3.05, 3.63) is 71.8 Å². The van der Waals surface area contributed by atoms with Gasteiger partial charge >= 0.3 is 0 Å². The highest BCUT2D eigenvalue weighted by atomic mass is 16.5. The van der Waals surface area contributed by atoms with Crippen molar-refractivity contribution in [2.24, 2.45) is 0 Å². The molecule has 0 heterocycles. The fraction of sp³-hybridized carbons (Fsp3) is 0.364. The third-order valence-electron chi connectivity index (χ3n) is 4.26. The zero-order chi connectivity index (χ0) is 17.9. The molecule has 0 saturated heterocycles. The summed E-state index contributed by atoms with van der Waals surface area (Å²) in [6.45, 7) is 4.03. The SMILES string of the molecule is CCCCNC/C(=C\CC(O)c1ccc(OC)cc1)c1ccccc1. The molecule has 0 saturated carbocycles. The van der Waals surface area contributed by atoms with E-state index in [1.807, 2.05) is 30.3 Å². The highest BCUT2D eigenvalue weighted by Crippen LogP contribution is 2.23. The summed E-state index contributed by atoms with van der Waals surface area (Å²) in [7, 11) is 1.64. The Hall–Kier alpha value is -2.10. The monoisotopic (exact) mass is 339 g/mol. The lowest BCUT2D eigenvalue weighted by atomic mass is 10.0. The molecule has 1 atom stereocenters. The number of methoxy groups -OCH3 is 1. The molecule has 2 aromatic rings. The minimum absolute atomic E-state index is 0.514. The van der Waals surface area contributed by atoms with Crippen molar-refractivity contribution in [3.8, 4) is 5.75 Å². The van der Waals surface area contributed by atoms with Gasteiger partial charge in [0, 0.05) is 6.54 Å². The zero-order valence-electron chi connectivity index (χ0n) is 15.2. The van der Waals surface area contributed by atoms with E-state index in [1.165, 1.54) is 24.0 Å². The molecule has 0 aliphatic carbocycles. The van der Waals surface area contributed by atoms with E-state index in [-0.39, 0.29) is 0 Å². The maximum atomic E-state index is 10.5. The second-order valence-electron chi connectivity index (χ2n) is 6.15. The van der Waals surface area contributed by atoms with Gasteiger partial charge in [-0.25, -0.2) is 0 Å². The number of aliphatic hydroxyl groups is 1. The summed E-state index contributed by atoms with van der Waals surface area (Å²) < 4.78 is 5.17. The van der Waals surface area contributed by atoms with Gasteiger partial charge in [0.25, 0.3) is 0 Å². The molecule has 2 rings (SSSR count). The van der Waals surface area contributed by atoms with Gasteiger partial charge in [0.2, 0.25) is 0 Å². The van der Waals surface area contributed by atoms with Crippen molar-refractivity contribution in [2.45, 2.75) is 32.3 Å². The third kappa shape index (κ3) is 6.37. The van der Waals surface area contributed by atoms with Crippen LogP contribution in [-0.4, -0.2) is 25.3 Å². The number of nitrogens with one attached hydrogen (secondary N) is 1. The van der Waals surface area contributed by atoms with E-state index in [4.69, 9.17) is 4.74 Å². The summed E-state index contributed by atoms with van der Waals surface area (Å²) in [4.78, 5) is 0. The topological polar surface area (TPSA) is 41.5 Å². The van der Waals surface area contributed by atoms with Gasteiger partial charge in [-0.15, -0.1) is 0 Å². The van der Waals surface area contributed by atoms with E-state index in [9.17, 15) is 5.11 Å². The number of unbranched alkanes of at least 4 members (excludes halogenated alkanes) is 1. The van der Waals surface area contributed by atoms with Crippen molar-refractivity contribution < 1.29 is 9.84 Å². The Morgan fingerprint density at radius 1 is 1.12 bits per heavy atom. The number of ether oxygens (including phenoxy) is 1. The van der Waals surface area contributed by atoms with Gasteiger partial charge in [-0.2, -0.15) is 0 Å². The van der Waals surface area contributed by atoms with Gasteiger partial charge < -0.3 is 15.2 Å². The molecular weight excluding hydrogens is 310 g/mol. The third-order valence-corrected chi connectivity index (χ3v) is 4.26. The van der Waals surface area contributed by atoms with Crippen LogP contribution in [0.1, 0.15) is 43.4 Å². The van der Waals surface area contributed by atoms with Gasteiger partial charge in [-0.05, 0) is 48.2 Å². The van der Waals surface area contributed by atoms with Gasteiger partial charge in [-0.1, -0.05) is 61.9 Å². The van der Waals surface area contributed by atoms with Gasteiger partial charge in [0.1, 0.15) is 5.75 Å².